The minimum Gasteiger partial charge on any atom is -0.389 e. The van der Waals surface area contributed by atoms with Crippen LogP contribution < -0.4 is 0 Å². The van der Waals surface area contributed by atoms with Crippen molar-refractivity contribution in [1.29, 1.82) is 0 Å². The van der Waals surface area contributed by atoms with E-state index in [0.29, 0.717) is 13.1 Å². The largest absolute Gasteiger partial charge is 0.389 e. The second-order valence-corrected chi connectivity index (χ2v) is 5.16. The van der Waals surface area contributed by atoms with E-state index >= 15 is 0 Å². The summed E-state index contributed by atoms with van der Waals surface area (Å²) in [5.41, 5.74) is 2.61. The van der Waals surface area contributed by atoms with Crippen molar-refractivity contribution < 1.29 is 14.9 Å². The van der Waals surface area contributed by atoms with Crippen LogP contribution in [0.1, 0.15) is 17.2 Å². The van der Waals surface area contributed by atoms with Gasteiger partial charge >= 0.3 is 0 Å². The third-order valence-corrected chi connectivity index (χ3v) is 3.85. The first kappa shape index (κ1) is 12.1. The molecule has 1 aromatic carbocycles. The van der Waals surface area contributed by atoms with Crippen LogP contribution in [0.15, 0.2) is 24.3 Å². The summed E-state index contributed by atoms with van der Waals surface area (Å²) in [5, 5.41) is 19.1. The van der Waals surface area contributed by atoms with Crippen molar-refractivity contribution in [1.82, 2.24) is 4.90 Å². The Morgan fingerprint density at radius 3 is 2.67 bits per heavy atom. The molecule has 0 aliphatic carbocycles. The lowest BCUT2D eigenvalue weighted by Crippen LogP contribution is -2.31. The van der Waals surface area contributed by atoms with Gasteiger partial charge in [0, 0.05) is 19.6 Å². The molecule has 0 radical (unpaired) electrons. The minimum atomic E-state index is -0.621. The van der Waals surface area contributed by atoms with Crippen molar-refractivity contribution >= 4 is 0 Å². The third-order valence-electron chi connectivity index (χ3n) is 3.85. The minimum absolute atomic E-state index is 0.0625. The Balaban J connectivity index is 1.71. The fourth-order valence-electron chi connectivity index (χ4n) is 2.86. The van der Waals surface area contributed by atoms with E-state index in [4.69, 9.17) is 4.74 Å². The predicted octanol–water partition coefficient (Wildman–Crippen LogP) is 0.338. The monoisotopic (exact) mass is 249 g/mol. The molecule has 3 rings (SSSR count). The molecule has 0 bridgehead atoms. The number of rotatable bonds is 2. The standard InChI is InChI=1S/C14H19NO3/c16-12-7-15(8-13(12)17)9-14-11-4-2-1-3-10(11)5-6-18-14/h1-4,12-14,16-17H,5-9H2. The van der Waals surface area contributed by atoms with Crippen LogP contribution in [0.2, 0.25) is 0 Å². The molecule has 3 unspecified atom stereocenters. The van der Waals surface area contributed by atoms with E-state index in [1.54, 1.807) is 0 Å². The van der Waals surface area contributed by atoms with Gasteiger partial charge in [0.1, 0.15) is 0 Å². The Kier molecular flexibility index (Phi) is 3.35. The lowest BCUT2D eigenvalue weighted by Gasteiger charge is -2.29. The lowest BCUT2D eigenvalue weighted by molar-refractivity contribution is 0.0180. The van der Waals surface area contributed by atoms with Crippen molar-refractivity contribution in [3.63, 3.8) is 0 Å². The summed E-state index contributed by atoms with van der Waals surface area (Å²) in [6.45, 7) is 2.55. The number of hydrogen-bond donors (Lipinski definition) is 2. The number of likely N-dealkylation sites (tertiary alicyclic amines) is 1. The third kappa shape index (κ3) is 2.29. The Hall–Kier alpha value is -0.940. The molecule has 0 spiro atoms. The van der Waals surface area contributed by atoms with Crippen LogP contribution in [-0.2, 0) is 11.2 Å². The van der Waals surface area contributed by atoms with Crippen LogP contribution in [-0.4, -0.2) is 53.6 Å². The number of nitrogens with zero attached hydrogens (tertiary/aromatic N) is 1. The van der Waals surface area contributed by atoms with Gasteiger partial charge < -0.3 is 14.9 Å². The highest BCUT2D eigenvalue weighted by atomic mass is 16.5. The molecule has 2 aliphatic rings. The Labute approximate surface area is 107 Å². The summed E-state index contributed by atoms with van der Waals surface area (Å²) in [4.78, 5) is 2.07. The topological polar surface area (TPSA) is 52.9 Å². The number of benzene rings is 1. The van der Waals surface area contributed by atoms with Gasteiger partial charge in [-0.2, -0.15) is 0 Å². The molecule has 3 atom stereocenters. The second kappa shape index (κ2) is 4.97. The average molecular weight is 249 g/mol. The van der Waals surface area contributed by atoms with Crippen LogP contribution in [0.3, 0.4) is 0 Å². The van der Waals surface area contributed by atoms with Crippen molar-refractivity contribution in [3.8, 4) is 0 Å². The van der Waals surface area contributed by atoms with E-state index in [-0.39, 0.29) is 6.10 Å². The SMILES string of the molecule is OC1CN(CC2OCCc3ccccc32)CC1O. The van der Waals surface area contributed by atoms with E-state index in [1.807, 2.05) is 6.07 Å². The predicted molar refractivity (Wildman–Crippen MR) is 67.3 cm³/mol. The molecule has 0 aromatic heterocycles. The molecule has 4 heteroatoms. The van der Waals surface area contributed by atoms with E-state index in [1.165, 1.54) is 11.1 Å². The van der Waals surface area contributed by atoms with Gasteiger partial charge in [0.2, 0.25) is 0 Å². The quantitative estimate of drug-likeness (QED) is 0.793. The molecule has 4 nitrogen and oxygen atoms in total. The van der Waals surface area contributed by atoms with Crippen LogP contribution in [0.4, 0.5) is 0 Å². The number of fused-ring (bicyclic) bond motifs is 1. The number of β-amino-alcohol motifs (C(OH)–C–C–N with tert-alkyl or cyclic N) is 2. The zero-order valence-corrected chi connectivity index (χ0v) is 10.3. The maximum atomic E-state index is 9.56. The number of aliphatic hydroxyl groups is 2. The molecule has 2 heterocycles. The smallest absolute Gasteiger partial charge is 0.0954 e. The summed E-state index contributed by atoms with van der Waals surface area (Å²) in [5.74, 6) is 0. The first-order valence-corrected chi connectivity index (χ1v) is 6.52. The average Bonchev–Trinajstić information content (AvgIpc) is 2.69. The fourth-order valence-corrected chi connectivity index (χ4v) is 2.86. The number of ether oxygens (including phenoxy) is 1. The molecular weight excluding hydrogens is 230 g/mol. The van der Waals surface area contributed by atoms with Gasteiger partial charge in [0.05, 0.1) is 24.9 Å². The summed E-state index contributed by atoms with van der Waals surface area (Å²) in [6, 6.07) is 8.36. The van der Waals surface area contributed by atoms with Crippen molar-refractivity contribution in [3.05, 3.63) is 35.4 Å². The van der Waals surface area contributed by atoms with Crippen molar-refractivity contribution in [2.75, 3.05) is 26.2 Å². The second-order valence-electron chi connectivity index (χ2n) is 5.16. The van der Waals surface area contributed by atoms with E-state index in [9.17, 15) is 10.2 Å². The maximum Gasteiger partial charge on any atom is 0.0954 e. The molecule has 2 aliphatic heterocycles. The van der Waals surface area contributed by atoms with Gasteiger partial charge in [-0.25, -0.2) is 0 Å². The Morgan fingerprint density at radius 1 is 1.17 bits per heavy atom. The maximum absolute atomic E-state index is 9.56. The molecular formula is C14H19NO3. The molecule has 18 heavy (non-hydrogen) atoms. The van der Waals surface area contributed by atoms with Gasteiger partial charge in [0.15, 0.2) is 0 Å². The molecule has 0 amide bonds. The first-order chi connectivity index (χ1) is 8.74. The van der Waals surface area contributed by atoms with Gasteiger partial charge in [-0.15, -0.1) is 0 Å². The normalized spacial score (nSPS) is 32.4. The summed E-state index contributed by atoms with van der Waals surface area (Å²) in [7, 11) is 0. The molecule has 1 aromatic rings. The summed E-state index contributed by atoms with van der Waals surface area (Å²) < 4.78 is 5.83. The Morgan fingerprint density at radius 2 is 1.89 bits per heavy atom. The zero-order valence-electron chi connectivity index (χ0n) is 10.3. The van der Waals surface area contributed by atoms with Gasteiger partial charge in [-0.3, -0.25) is 4.90 Å². The Bertz CT molecular complexity index is 413. The number of aliphatic hydroxyl groups excluding tert-OH is 2. The molecule has 1 fully saturated rings. The first-order valence-electron chi connectivity index (χ1n) is 6.52. The number of hydrogen-bond acceptors (Lipinski definition) is 4. The van der Waals surface area contributed by atoms with Crippen molar-refractivity contribution in [2.24, 2.45) is 0 Å². The van der Waals surface area contributed by atoms with Crippen LogP contribution in [0.5, 0.6) is 0 Å². The summed E-state index contributed by atoms with van der Waals surface area (Å²) >= 11 is 0. The van der Waals surface area contributed by atoms with Crippen LogP contribution >= 0.6 is 0 Å². The van der Waals surface area contributed by atoms with Crippen LogP contribution in [0, 0.1) is 0 Å². The van der Waals surface area contributed by atoms with Crippen molar-refractivity contribution in [2.45, 2.75) is 24.7 Å². The highest BCUT2D eigenvalue weighted by Gasteiger charge is 2.32. The molecule has 2 N–H and O–H groups in total. The van der Waals surface area contributed by atoms with E-state index < -0.39 is 12.2 Å². The molecule has 0 saturated carbocycles. The zero-order chi connectivity index (χ0) is 12.5. The molecule has 1 saturated heterocycles. The van der Waals surface area contributed by atoms with Gasteiger partial charge in [-0.1, -0.05) is 24.3 Å². The van der Waals surface area contributed by atoms with E-state index in [0.717, 1.165) is 19.6 Å². The van der Waals surface area contributed by atoms with Crippen LogP contribution in [0.25, 0.3) is 0 Å². The highest BCUT2D eigenvalue weighted by Crippen LogP contribution is 2.28. The van der Waals surface area contributed by atoms with Gasteiger partial charge in [-0.05, 0) is 17.5 Å². The molecule has 98 valence electrons. The highest BCUT2D eigenvalue weighted by molar-refractivity contribution is 5.31. The van der Waals surface area contributed by atoms with Gasteiger partial charge in [0.25, 0.3) is 0 Å². The summed E-state index contributed by atoms with van der Waals surface area (Å²) in [6.07, 6.45) is -0.210. The lowest BCUT2D eigenvalue weighted by atomic mass is 9.97. The fraction of sp³-hybridized carbons (Fsp3) is 0.571. The van der Waals surface area contributed by atoms with E-state index in [2.05, 4.69) is 23.1 Å².